The summed E-state index contributed by atoms with van der Waals surface area (Å²) in [5.74, 6) is -0.202. The fourth-order valence-corrected chi connectivity index (χ4v) is 2.79. The van der Waals surface area contributed by atoms with Crippen LogP contribution in [0.25, 0.3) is 0 Å². The zero-order valence-corrected chi connectivity index (χ0v) is 14.4. The summed E-state index contributed by atoms with van der Waals surface area (Å²) in [6.45, 7) is 6.16. The van der Waals surface area contributed by atoms with Crippen LogP contribution in [0.1, 0.15) is 32.6 Å². The molecule has 0 heterocycles. The van der Waals surface area contributed by atoms with Gasteiger partial charge < -0.3 is 0 Å². The number of benzene rings is 2. The first-order valence-corrected chi connectivity index (χ1v) is 7.72. The maximum Gasteiger partial charge on any atom is 0.271 e. The van der Waals surface area contributed by atoms with Crippen LogP contribution in [0.5, 0.6) is 0 Å². The van der Waals surface area contributed by atoms with E-state index in [4.69, 9.17) is 0 Å². The molecule has 0 spiro atoms. The number of nitrogens with one attached hydrogen (secondary N) is 1. The Kier molecular flexibility index (Phi) is 5.12. The summed E-state index contributed by atoms with van der Waals surface area (Å²) >= 11 is 2.18. The minimum atomic E-state index is -0.202. The molecule has 0 aliphatic carbocycles. The van der Waals surface area contributed by atoms with Gasteiger partial charge in [-0.15, -0.1) is 0 Å². The molecule has 0 saturated carbocycles. The number of hydrogen-bond donors (Lipinski definition) is 1. The SMILES string of the molecule is Cc1cc(C)c(C=NNC(=O)c2cccc(I)c2)c(C)c1. The molecule has 0 fully saturated rings. The highest BCUT2D eigenvalue weighted by molar-refractivity contribution is 14.1. The Balaban J connectivity index is 2.11. The highest BCUT2D eigenvalue weighted by atomic mass is 127. The molecule has 4 heteroatoms. The van der Waals surface area contributed by atoms with Crippen molar-refractivity contribution in [3.63, 3.8) is 0 Å². The Morgan fingerprint density at radius 2 is 1.81 bits per heavy atom. The van der Waals surface area contributed by atoms with Gasteiger partial charge in [0, 0.05) is 14.7 Å². The van der Waals surface area contributed by atoms with Crippen molar-refractivity contribution >= 4 is 34.7 Å². The van der Waals surface area contributed by atoms with Crippen molar-refractivity contribution in [1.29, 1.82) is 0 Å². The van der Waals surface area contributed by atoms with Gasteiger partial charge in [-0.05, 0) is 72.7 Å². The molecule has 1 amide bonds. The van der Waals surface area contributed by atoms with Gasteiger partial charge in [-0.3, -0.25) is 4.79 Å². The lowest BCUT2D eigenvalue weighted by Gasteiger charge is -2.06. The van der Waals surface area contributed by atoms with E-state index in [2.05, 4.69) is 52.2 Å². The predicted octanol–water partition coefficient (Wildman–Crippen LogP) is 3.98. The van der Waals surface area contributed by atoms with E-state index < -0.39 is 0 Å². The van der Waals surface area contributed by atoms with E-state index in [1.165, 1.54) is 5.56 Å². The van der Waals surface area contributed by atoms with Gasteiger partial charge in [-0.25, -0.2) is 5.43 Å². The summed E-state index contributed by atoms with van der Waals surface area (Å²) in [5, 5.41) is 4.07. The number of carbonyl (C=O) groups is 1. The van der Waals surface area contributed by atoms with Crippen molar-refractivity contribution in [3.05, 3.63) is 67.8 Å². The fourth-order valence-electron chi connectivity index (χ4n) is 2.24. The number of halogens is 1. The van der Waals surface area contributed by atoms with Crippen LogP contribution < -0.4 is 5.43 Å². The molecule has 2 aromatic carbocycles. The van der Waals surface area contributed by atoms with Crippen LogP contribution in [0.15, 0.2) is 41.5 Å². The Labute approximate surface area is 138 Å². The standard InChI is InChI=1S/C17H17IN2O/c1-11-7-12(2)16(13(3)8-11)10-19-20-17(21)14-5-4-6-15(18)9-14/h4-10H,1-3H3,(H,20,21). The van der Waals surface area contributed by atoms with Gasteiger partial charge in [0.15, 0.2) is 0 Å². The van der Waals surface area contributed by atoms with E-state index in [0.29, 0.717) is 5.56 Å². The Morgan fingerprint density at radius 1 is 1.14 bits per heavy atom. The van der Waals surface area contributed by atoms with Gasteiger partial charge in [-0.2, -0.15) is 5.10 Å². The highest BCUT2D eigenvalue weighted by Crippen LogP contribution is 2.14. The van der Waals surface area contributed by atoms with Gasteiger partial charge in [0.2, 0.25) is 0 Å². The van der Waals surface area contributed by atoms with Gasteiger partial charge in [-0.1, -0.05) is 23.8 Å². The van der Waals surface area contributed by atoms with E-state index in [9.17, 15) is 4.79 Å². The minimum Gasteiger partial charge on any atom is -0.267 e. The summed E-state index contributed by atoms with van der Waals surface area (Å²) in [4.78, 5) is 12.0. The molecule has 0 bridgehead atoms. The van der Waals surface area contributed by atoms with Crippen molar-refractivity contribution < 1.29 is 4.79 Å². The Bertz CT molecular complexity index is 685. The van der Waals surface area contributed by atoms with Crippen LogP contribution in [0.2, 0.25) is 0 Å². The molecular weight excluding hydrogens is 375 g/mol. The zero-order valence-electron chi connectivity index (χ0n) is 12.3. The van der Waals surface area contributed by atoms with Crippen molar-refractivity contribution in [3.8, 4) is 0 Å². The first-order valence-electron chi connectivity index (χ1n) is 6.64. The third-order valence-corrected chi connectivity index (χ3v) is 3.86. The second kappa shape index (κ2) is 6.85. The maximum atomic E-state index is 12.0. The zero-order chi connectivity index (χ0) is 15.4. The Hall–Kier alpha value is -1.69. The topological polar surface area (TPSA) is 41.5 Å². The normalized spacial score (nSPS) is 10.9. The summed E-state index contributed by atoms with van der Waals surface area (Å²) < 4.78 is 1.02. The van der Waals surface area contributed by atoms with Gasteiger partial charge in [0.1, 0.15) is 0 Å². The molecule has 3 nitrogen and oxygen atoms in total. The molecule has 0 radical (unpaired) electrons. The lowest BCUT2D eigenvalue weighted by Crippen LogP contribution is -2.17. The summed E-state index contributed by atoms with van der Waals surface area (Å²) in [6, 6.07) is 11.6. The number of carbonyl (C=O) groups excluding carboxylic acids is 1. The molecule has 0 aromatic heterocycles. The monoisotopic (exact) mass is 392 g/mol. The fraction of sp³-hybridized carbons (Fsp3) is 0.176. The second-order valence-corrected chi connectivity index (χ2v) is 6.27. The van der Waals surface area contributed by atoms with Crippen LogP contribution in [0.3, 0.4) is 0 Å². The molecule has 0 aliphatic heterocycles. The molecular formula is C17H17IN2O. The van der Waals surface area contributed by atoms with E-state index in [0.717, 1.165) is 20.3 Å². The molecule has 0 aliphatic rings. The number of nitrogens with zero attached hydrogens (tertiary/aromatic N) is 1. The molecule has 2 aromatic rings. The minimum absolute atomic E-state index is 0.202. The molecule has 21 heavy (non-hydrogen) atoms. The van der Waals surface area contributed by atoms with Gasteiger partial charge in [0.05, 0.1) is 6.21 Å². The first kappa shape index (κ1) is 15.7. The summed E-state index contributed by atoms with van der Waals surface area (Å²) in [6.07, 6.45) is 1.70. The van der Waals surface area contributed by atoms with Crippen LogP contribution in [-0.2, 0) is 0 Å². The lowest BCUT2D eigenvalue weighted by molar-refractivity contribution is 0.0955. The van der Waals surface area contributed by atoms with Crippen molar-refractivity contribution in [2.75, 3.05) is 0 Å². The molecule has 0 saturated heterocycles. The van der Waals surface area contributed by atoms with Gasteiger partial charge in [0.25, 0.3) is 5.91 Å². The average molecular weight is 392 g/mol. The van der Waals surface area contributed by atoms with E-state index in [-0.39, 0.29) is 5.91 Å². The van der Waals surface area contributed by atoms with Crippen molar-refractivity contribution in [2.24, 2.45) is 5.10 Å². The predicted molar refractivity (Wildman–Crippen MR) is 94.9 cm³/mol. The smallest absolute Gasteiger partial charge is 0.267 e. The third-order valence-electron chi connectivity index (χ3n) is 3.18. The third kappa shape index (κ3) is 4.14. The van der Waals surface area contributed by atoms with Crippen molar-refractivity contribution in [1.82, 2.24) is 5.43 Å². The molecule has 108 valence electrons. The quantitative estimate of drug-likeness (QED) is 0.479. The van der Waals surface area contributed by atoms with Crippen LogP contribution in [-0.4, -0.2) is 12.1 Å². The highest BCUT2D eigenvalue weighted by Gasteiger charge is 2.05. The second-order valence-electron chi connectivity index (χ2n) is 5.02. The van der Waals surface area contributed by atoms with Crippen molar-refractivity contribution in [2.45, 2.75) is 20.8 Å². The number of hydrogen-bond acceptors (Lipinski definition) is 2. The molecule has 0 unspecified atom stereocenters. The number of hydrazone groups is 1. The lowest BCUT2D eigenvalue weighted by atomic mass is 10.0. The Morgan fingerprint density at radius 3 is 2.43 bits per heavy atom. The molecule has 2 rings (SSSR count). The van der Waals surface area contributed by atoms with Crippen LogP contribution in [0.4, 0.5) is 0 Å². The maximum absolute atomic E-state index is 12.0. The summed E-state index contributed by atoms with van der Waals surface area (Å²) in [7, 11) is 0. The van der Waals surface area contributed by atoms with E-state index in [1.54, 1.807) is 12.3 Å². The molecule has 1 N–H and O–H groups in total. The number of aryl methyl sites for hydroxylation is 3. The van der Waals surface area contributed by atoms with E-state index >= 15 is 0 Å². The van der Waals surface area contributed by atoms with Crippen LogP contribution >= 0.6 is 22.6 Å². The first-order chi connectivity index (χ1) is 9.97. The number of amides is 1. The number of rotatable bonds is 3. The largest absolute Gasteiger partial charge is 0.271 e. The summed E-state index contributed by atoms with van der Waals surface area (Å²) in [5.41, 5.74) is 7.76. The van der Waals surface area contributed by atoms with E-state index in [1.807, 2.05) is 32.0 Å². The average Bonchev–Trinajstić information content (AvgIpc) is 2.41. The van der Waals surface area contributed by atoms with Gasteiger partial charge >= 0.3 is 0 Å². The molecule has 0 atom stereocenters. The van der Waals surface area contributed by atoms with Crippen LogP contribution in [0, 0.1) is 24.3 Å².